The van der Waals surface area contributed by atoms with Crippen LogP contribution in [0.3, 0.4) is 0 Å². The van der Waals surface area contributed by atoms with Crippen molar-refractivity contribution >= 4 is 22.1 Å². The van der Waals surface area contributed by atoms with Crippen molar-refractivity contribution < 1.29 is 8.81 Å². The van der Waals surface area contributed by atoms with Gasteiger partial charge in [-0.15, -0.1) is 0 Å². The summed E-state index contributed by atoms with van der Waals surface area (Å²) >= 11 is 0. The van der Waals surface area contributed by atoms with Crippen LogP contribution in [-0.2, 0) is 6.54 Å². The highest BCUT2D eigenvalue weighted by Gasteiger charge is 2.17. The zero-order valence-electron chi connectivity index (χ0n) is 15.1. The minimum atomic E-state index is -0.295. The second-order valence-corrected chi connectivity index (χ2v) is 6.94. The summed E-state index contributed by atoms with van der Waals surface area (Å²) < 4.78 is 18.8. The fraction of sp³-hybridized carbons (Fsp3) is 0.238. The summed E-state index contributed by atoms with van der Waals surface area (Å²) in [5.74, 6) is 0.553. The number of furan rings is 1. The quantitative estimate of drug-likeness (QED) is 0.553. The van der Waals surface area contributed by atoms with Crippen molar-refractivity contribution in [2.45, 2.75) is 26.4 Å². The Morgan fingerprint density at radius 3 is 2.63 bits per heavy atom. The molecule has 0 aliphatic rings. The second kappa shape index (κ2) is 6.96. The number of rotatable bonds is 5. The van der Waals surface area contributed by atoms with Crippen molar-refractivity contribution in [2.75, 3.05) is 0 Å². The van der Waals surface area contributed by atoms with E-state index in [1.807, 2.05) is 24.3 Å². The summed E-state index contributed by atoms with van der Waals surface area (Å²) in [7, 11) is 0. The topological polar surface area (TPSA) is 70.9 Å². The van der Waals surface area contributed by atoms with Gasteiger partial charge in [0, 0.05) is 11.4 Å². The Kier molecular flexibility index (Phi) is 4.49. The maximum atomic E-state index is 13.2. The van der Waals surface area contributed by atoms with Gasteiger partial charge in [-0.2, -0.15) is 0 Å². The fourth-order valence-electron chi connectivity index (χ4n) is 3.35. The lowest BCUT2D eigenvalue weighted by Gasteiger charge is -2.22. The molecule has 1 atom stereocenters. The standard InChI is InChI=1S/C21H20FN3O2/c1-12(2)18(13-7-9-14(22)10-8-13)23-11-17-24-19-15-5-3-4-6-16(15)27-20(19)21(26)25-17/h3-10,12,18,23H,11H2,1-2H3,(H,24,25,26)/t18-/m1/s1. The second-order valence-electron chi connectivity index (χ2n) is 6.94. The van der Waals surface area contributed by atoms with E-state index in [1.165, 1.54) is 12.1 Å². The fourth-order valence-corrected chi connectivity index (χ4v) is 3.35. The Morgan fingerprint density at radius 2 is 1.89 bits per heavy atom. The third kappa shape index (κ3) is 3.36. The first-order valence-electron chi connectivity index (χ1n) is 8.92. The number of nitrogens with zero attached hydrogens (tertiary/aromatic N) is 1. The molecule has 0 fully saturated rings. The summed E-state index contributed by atoms with van der Waals surface area (Å²) in [6.07, 6.45) is 0. The van der Waals surface area contributed by atoms with E-state index in [2.05, 4.69) is 29.1 Å². The zero-order chi connectivity index (χ0) is 19.0. The molecule has 2 heterocycles. The molecule has 4 rings (SSSR count). The van der Waals surface area contributed by atoms with Gasteiger partial charge < -0.3 is 14.7 Å². The monoisotopic (exact) mass is 365 g/mol. The SMILES string of the molecule is CC(C)[C@@H](NCc1nc2c(oc3ccccc32)c(=O)[nH]1)c1ccc(F)cc1. The van der Waals surface area contributed by atoms with Gasteiger partial charge >= 0.3 is 0 Å². The summed E-state index contributed by atoms with van der Waals surface area (Å²) in [6.45, 7) is 4.55. The predicted octanol–water partition coefficient (Wildman–Crippen LogP) is 4.30. The van der Waals surface area contributed by atoms with Crippen LogP contribution in [0.2, 0.25) is 0 Å². The van der Waals surface area contributed by atoms with Crippen molar-refractivity contribution in [3.63, 3.8) is 0 Å². The normalized spacial score (nSPS) is 12.9. The minimum absolute atomic E-state index is 0.00712. The molecule has 0 spiro atoms. The van der Waals surface area contributed by atoms with Crippen LogP contribution >= 0.6 is 0 Å². The first-order chi connectivity index (χ1) is 13.0. The van der Waals surface area contributed by atoms with E-state index in [9.17, 15) is 9.18 Å². The van der Waals surface area contributed by atoms with Gasteiger partial charge in [-0.1, -0.05) is 38.1 Å². The summed E-state index contributed by atoms with van der Waals surface area (Å²) in [4.78, 5) is 19.8. The molecule has 0 aliphatic carbocycles. The molecule has 0 amide bonds. The Hall–Kier alpha value is -2.99. The van der Waals surface area contributed by atoms with Gasteiger partial charge in [0.05, 0.1) is 6.54 Å². The van der Waals surface area contributed by atoms with Gasteiger partial charge in [0.1, 0.15) is 22.7 Å². The lowest BCUT2D eigenvalue weighted by molar-refractivity contribution is 0.405. The Bertz CT molecular complexity index is 1150. The van der Waals surface area contributed by atoms with Crippen LogP contribution in [0.1, 0.15) is 31.3 Å². The van der Waals surface area contributed by atoms with Gasteiger partial charge in [-0.25, -0.2) is 9.37 Å². The number of nitrogens with one attached hydrogen (secondary N) is 2. The third-order valence-corrected chi connectivity index (χ3v) is 4.67. The Balaban J connectivity index is 1.65. The van der Waals surface area contributed by atoms with Gasteiger partial charge in [0.25, 0.3) is 5.56 Å². The molecule has 0 saturated carbocycles. The number of benzene rings is 2. The minimum Gasteiger partial charge on any atom is -0.449 e. The average Bonchev–Trinajstić information content (AvgIpc) is 3.03. The molecule has 6 heteroatoms. The van der Waals surface area contributed by atoms with Crippen molar-refractivity contribution in [3.05, 3.63) is 76.1 Å². The van der Waals surface area contributed by atoms with E-state index >= 15 is 0 Å². The summed E-state index contributed by atoms with van der Waals surface area (Å²) in [5.41, 5.74) is 2.13. The summed E-state index contributed by atoms with van der Waals surface area (Å²) in [6, 6.07) is 13.9. The molecule has 5 nitrogen and oxygen atoms in total. The number of aromatic amines is 1. The molecule has 0 aliphatic heterocycles. The molecular weight excluding hydrogens is 345 g/mol. The van der Waals surface area contributed by atoms with Gasteiger partial charge in [-0.3, -0.25) is 4.79 Å². The molecule has 2 aromatic carbocycles. The molecule has 0 bridgehead atoms. The molecule has 2 aromatic heterocycles. The van der Waals surface area contributed by atoms with E-state index in [0.29, 0.717) is 23.5 Å². The largest absolute Gasteiger partial charge is 0.449 e. The van der Waals surface area contributed by atoms with Gasteiger partial charge in [0.2, 0.25) is 5.58 Å². The molecular formula is C21H20FN3O2. The van der Waals surface area contributed by atoms with Crippen LogP contribution in [0.4, 0.5) is 4.39 Å². The Morgan fingerprint density at radius 1 is 1.15 bits per heavy atom. The van der Waals surface area contributed by atoms with Crippen molar-refractivity contribution in [1.82, 2.24) is 15.3 Å². The van der Waals surface area contributed by atoms with Crippen LogP contribution < -0.4 is 10.9 Å². The molecule has 138 valence electrons. The van der Waals surface area contributed by atoms with E-state index in [0.717, 1.165) is 10.9 Å². The van der Waals surface area contributed by atoms with Crippen molar-refractivity contribution in [1.29, 1.82) is 0 Å². The highest BCUT2D eigenvalue weighted by Crippen LogP contribution is 2.25. The smallest absolute Gasteiger partial charge is 0.294 e. The number of fused-ring (bicyclic) bond motifs is 3. The number of aromatic nitrogens is 2. The summed E-state index contributed by atoms with van der Waals surface area (Å²) in [5, 5.41) is 4.24. The lowest BCUT2D eigenvalue weighted by atomic mass is 9.96. The molecule has 2 N–H and O–H groups in total. The van der Waals surface area contributed by atoms with E-state index in [4.69, 9.17) is 4.42 Å². The lowest BCUT2D eigenvalue weighted by Crippen LogP contribution is -2.27. The number of hydrogen-bond acceptors (Lipinski definition) is 4. The first-order valence-corrected chi connectivity index (χ1v) is 8.92. The third-order valence-electron chi connectivity index (χ3n) is 4.67. The predicted molar refractivity (Wildman–Crippen MR) is 103 cm³/mol. The van der Waals surface area contributed by atoms with Crippen LogP contribution in [0, 0.1) is 11.7 Å². The van der Waals surface area contributed by atoms with E-state index < -0.39 is 0 Å². The van der Waals surface area contributed by atoms with Gasteiger partial charge in [0.15, 0.2) is 0 Å². The molecule has 0 unspecified atom stereocenters. The van der Waals surface area contributed by atoms with Crippen molar-refractivity contribution in [2.24, 2.45) is 5.92 Å². The zero-order valence-corrected chi connectivity index (χ0v) is 15.1. The van der Waals surface area contributed by atoms with Crippen LogP contribution in [-0.4, -0.2) is 9.97 Å². The maximum Gasteiger partial charge on any atom is 0.294 e. The average molecular weight is 365 g/mol. The molecule has 4 aromatic rings. The molecule has 0 radical (unpaired) electrons. The van der Waals surface area contributed by atoms with Crippen LogP contribution in [0.25, 0.3) is 22.1 Å². The highest BCUT2D eigenvalue weighted by molar-refractivity contribution is 6.01. The van der Waals surface area contributed by atoms with E-state index in [-0.39, 0.29) is 28.9 Å². The number of halogens is 1. The molecule has 27 heavy (non-hydrogen) atoms. The number of H-pyrrole nitrogens is 1. The molecule has 0 saturated heterocycles. The highest BCUT2D eigenvalue weighted by atomic mass is 19.1. The number of hydrogen-bond donors (Lipinski definition) is 2. The van der Waals surface area contributed by atoms with E-state index in [1.54, 1.807) is 12.1 Å². The van der Waals surface area contributed by atoms with Gasteiger partial charge in [-0.05, 0) is 35.7 Å². The number of para-hydroxylation sites is 1. The van der Waals surface area contributed by atoms with Crippen LogP contribution in [0.5, 0.6) is 0 Å². The first kappa shape index (κ1) is 17.4. The van der Waals surface area contributed by atoms with Crippen molar-refractivity contribution in [3.8, 4) is 0 Å². The Labute approximate surface area is 155 Å². The maximum absolute atomic E-state index is 13.2. The van der Waals surface area contributed by atoms with Crippen LogP contribution in [0.15, 0.2) is 57.7 Å².